The van der Waals surface area contributed by atoms with Gasteiger partial charge in [0.15, 0.2) is 0 Å². The normalized spacial score (nSPS) is 11.5. The smallest absolute Gasteiger partial charge is 0.142 e. The largest absolute Gasteiger partial charge is 0.299 e. The summed E-state index contributed by atoms with van der Waals surface area (Å²) in [6.07, 6.45) is 0.385. The molecule has 0 aliphatic rings. The van der Waals surface area contributed by atoms with Crippen molar-refractivity contribution in [3.8, 4) is 0 Å². The molecule has 0 unspecified atom stereocenters. The number of benzene rings is 1. The Balaban J connectivity index is 2.87. The molecule has 0 radical (unpaired) electrons. The molecule has 0 amide bonds. The maximum absolute atomic E-state index is 12.8. The van der Waals surface area contributed by atoms with E-state index < -0.39 is 0 Å². The zero-order chi connectivity index (χ0) is 11.6. The first-order valence-electron chi connectivity index (χ1n) is 5.09. The molecule has 1 nitrogen and oxygen atoms in total. The molecule has 0 aliphatic carbocycles. The maximum atomic E-state index is 12.8. The highest BCUT2D eigenvalue weighted by Gasteiger charge is 2.21. The third-order valence-electron chi connectivity index (χ3n) is 2.49. The predicted molar refractivity (Wildman–Crippen MR) is 59.3 cm³/mol. The molecule has 0 atom stereocenters. The number of carbonyl (C=O) groups is 1. The average molecular weight is 208 g/mol. The lowest BCUT2D eigenvalue weighted by Crippen LogP contribution is -2.22. The first kappa shape index (κ1) is 11.9. The Morgan fingerprint density at radius 1 is 1.33 bits per heavy atom. The van der Waals surface area contributed by atoms with Gasteiger partial charge in [0, 0.05) is 11.8 Å². The van der Waals surface area contributed by atoms with Gasteiger partial charge >= 0.3 is 0 Å². The Morgan fingerprint density at radius 3 is 2.40 bits per heavy atom. The first-order chi connectivity index (χ1) is 6.80. The van der Waals surface area contributed by atoms with E-state index in [0.717, 1.165) is 11.1 Å². The van der Waals surface area contributed by atoms with E-state index in [1.54, 1.807) is 6.07 Å². The summed E-state index contributed by atoms with van der Waals surface area (Å²) in [5, 5.41) is 0. The molecule has 0 bridgehead atoms. The van der Waals surface area contributed by atoms with Gasteiger partial charge in [-0.15, -0.1) is 0 Å². The SMILES string of the molecule is Cc1cc(F)ccc1CC(=O)C(C)(C)C. The quantitative estimate of drug-likeness (QED) is 0.728. The summed E-state index contributed by atoms with van der Waals surface area (Å²) in [5.41, 5.74) is 1.42. The fourth-order valence-corrected chi connectivity index (χ4v) is 1.30. The number of hydrogen-bond donors (Lipinski definition) is 0. The molecule has 2 heteroatoms. The second-order valence-electron chi connectivity index (χ2n) is 4.92. The molecule has 0 aromatic heterocycles. The molecule has 0 N–H and O–H groups in total. The summed E-state index contributed by atoms with van der Waals surface area (Å²) in [6, 6.07) is 4.55. The average Bonchev–Trinajstić information content (AvgIpc) is 2.08. The fraction of sp³-hybridized carbons (Fsp3) is 0.462. The minimum atomic E-state index is -0.333. The minimum absolute atomic E-state index is 0.178. The summed E-state index contributed by atoms with van der Waals surface area (Å²) < 4.78 is 12.8. The Labute approximate surface area is 90.3 Å². The van der Waals surface area contributed by atoms with Gasteiger partial charge in [-0.2, -0.15) is 0 Å². The molecule has 15 heavy (non-hydrogen) atoms. The lowest BCUT2D eigenvalue weighted by Gasteiger charge is -2.17. The predicted octanol–water partition coefficient (Wildman–Crippen LogP) is 3.29. The van der Waals surface area contributed by atoms with Gasteiger partial charge < -0.3 is 0 Å². The van der Waals surface area contributed by atoms with Crippen molar-refractivity contribution in [1.82, 2.24) is 0 Å². The Kier molecular flexibility index (Phi) is 3.28. The zero-order valence-electron chi connectivity index (χ0n) is 9.73. The zero-order valence-corrected chi connectivity index (χ0v) is 9.73. The van der Waals surface area contributed by atoms with E-state index in [1.165, 1.54) is 12.1 Å². The van der Waals surface area contributed by atoms with Crippen LogP contribution in [0.5, 0.6) is 0 Å². The monoisotopic (exact) mass is 208 g/mol. The topological polar surface area (TPSA) is 17.1 Å². The van der Waals surface area contributed by atoms with Gasteiger partial charge in [-0.25, -0.2) is 4.39 Å². The van der Waals surface area contributed by atoms with Crippen molar-refractivity contribution in [1.29, 1.82) is 0 Å². The summed E-state index contributed by atoms with van der Waals surface area (Å²) in [7, 11) is 0. The van der Waals surface area contributed by atoms with Crippen molar-refractivity contribution in [2.75, 3.05) is 0 Å². The lowest BCUT2D eigenvalue weighted by atomic mass is 9.86. The first-order valence-corrected chi connectivity index (χ1v) is 5.09. The van der Waals surface area contributed by atoms with Crippen molar-refractivity contribution in [3.63, 3.8) is 0 Å². The van der Waals surface area contributed by atoms with E-state index in [1.807, 2.05) is 27.7 Å². The van der Waals surface area contributed by atoms with Gasteiger partial charge in [0.2, 0.25) is 0 Å². The summed E-state index contributed by atoms with van der Waals surface area (Å²) in [5.74, 6) is -0.0725. The highest BCUT2D eigenvalue weighted by molar-refractivity contribution is 5.85. The highest BCUT2D eigenvalue weighted by atomic mass is 19.1. The van der Waals surface area contributed by atoms with Gasteiger partial charge in [0.05, 0.1) is 0 Å². The van der Waals surface area contributed by atoms with Crippen LogP contribution in [0.4, 0.5) is 4.39 Å². The number of aryl methyl sites for hydroxylation is 1. The lowest BCUT2D eigenvalue weighted by molar-refractivity contribution is -0.125. The van der Waals surface area contributed by atoms with Gasteiger partial charge in [0.1, 0.15) is 11.6 Å². The van der Waals surface area contributed by atoms with Crippen LogP contribution in [0.2, 0.25) is 0 Å². The standard InChI is InChI=1S/C13H17FO/c1-9-7-11(14)6-5-10(9)8-12(15)13(2,3)4/h5-7H,8H2,1-4H3. The summed E-state index contributed by atoms with van der Waals surface area (Å²) >= 11 is 0. The van der Waals surface area contributed by atoms with Crippen molar-refractivity contribution in [2.45, 2.75) is 34.1 Å². The Hall–Kier alpha value is -1.18. The molecule has 0 aliphatic heterocycles. The van der Waals surface area contributed by atoms with Crippen LogP contribution in [0.1, 0.15) is 31.9 Å². The van der Waals surface area contributed by atoms with Crippen LogP contribution in [0, 0.1) is 18.2 Å². The van der Waals surface area contributed by atoms with Crippen LogP contribution in [-0.4, -0.2) is 5.78 Å². The van der Waals surface area contributed by atoms with Crippen LogP contribution in [0.15, 0.2) is 18.2 Å². The Bertz CT molecular complexity index is 375. The number of Topliss-reactive ketones (excluding diaryl/α,β-unsaturated/α-hetero) is 1. The van der Waals surface area contributed by atoms with E-state index in [9.17, 15) is 9.18 Å². The van der Waals surface area contributed by atoms with Crippen molar-refractivity contribution >= 4 is 5.78 Å². The van der Waals surface area contributed by atoms with E-state index in [2.05, 4.69) is 0 Å². The maximum Gasteiger partial charge on any atom is 0.142 e. The van der Waals surface area contributed by atoms with Gasteiger partial charge in [0.25, 0.3) is 0 Å². The highest BCUT2D eigenvalue weighted by Crippen LogP contribution is 2.19. The molecular weight excluding hydrogens is 191 g/mol. The number of carbonyl (C=O) groups excluding carboxylic acids is 1. The third kappa shape index (κ3) is 3.15. The molecule has 0 saturated carbocycles. The van der Waals surface area contributed by atoms with Crippen molar-refractivity contribution in [2.24, 2.45) is 5.41 Å². The molecule has 82 valence electrons. The van der Waals surface area contributed by atoms with Crippen LogP contribution >= 0.6 is 0 Å². The molecule has 0 saturated heterocycles. The van der Waals surface area contributed by atoms with E-state index >= 15 is 0 Å². The van der Waals surface area contributed by atoms with Gasteiger partial charge in [-0.05, 0) is 30.2 Å². The second kappa shape index (κ2) is 4.13. The van der Waals surface area contributed by atoms with Gasteiger partial charge in [-0.3, -0.25) is 4.79 Å². The van der Waals surface area contributed by atoms with E-state index in [-0.39, 0.29) is 17.0 Å². The molecule has 0 fully saturated rings. The number of rotatable bonds is 2. The summed E-state index contributed by atoms with van der Waals surface area (Å²) in [6.45, 7) is 7.52. The second-order valence-corrected chi connectivity index (χ2v) is 4.92. The molecule has 0 heterocycles. The number of hydrogen-bond acceptors (Lipinski definition) is 1. The molecule has 0 spiro atoms. The molecule has 1 rings (SSSR count). The van der Waals surface area contributed by atoms with Crippen LogP contribution in [0.25, 0.3) is 0 Å². The van der Waals surface area contributed by atoms with Crippen LogP contribution < -0.4 is 0 Å². The van der Waals surface area contributed by atoms with E-state index in [4.69, 9.17) is 0 Å². The number of ketones is 1. The Morgan fingerprint density at radius 2 is 1.93 bits per heavy atom. The molecular formula is C13H17FO. The third-order valence-corrected chi connectivity index (χ3v) is 2.49. The van der Waals surface area contributed by atoms with Crippen LogP contribution in [-0.2, 0) is 11.2 Å². The van der Waals surface area contributed by atoms with Crippen LogP contribution in [0.3, 0.4) is 0 Å². The van der Waals surface area contributed by atoms with Crippen molar-refractivity contribution in [3.05, 3.63) is 35.1 Å². The minimum Gasteiger partial charge on any atom is -0.299 e. The van der Waals surface area contributed by atoms with Crippen molar-refractivity contribution < 1.29 is 9.18 Å². The van der Waals surface area contributed by atoms with Gasteiger partial charge in [-0.1, -0.05) is 26.8 Å². The molecule has 1 aromatic carbocycles. The number of halogens is 1. The summed E-state index contributed by atoms with van der Waals surface area (Å²) in [4.78, 5) is 11.8. The van der Waals surface area contributed by atoms with E-state index in [0.29, 0.717) is 6.42 Å². The molecule has 1 aromatic rings. The fourth-order valence-electron chi connectivity index (χ4n) is 1.30.